The molecule has 0 radical (unpaired) electrons. The van der Waals surface area contributed by atoms with Gasteiger partial charge in [-0.05, 0) is 30.7 Å². The van der Waals surface area contributed by atoms with Crippen molar-refractivity contribution >= 4 is 28.6 Å². The van der Waals surface area contributed by atoms with Gasteiger partial charge in [0.25, 0.3) is 0 Å². The smallest absolute Gasteiger partial charge is 0.411 e. The van der Waals surface area contributed by atoms with E-state index in [2.05, 4.69) is 15.1 Å². The molecule has 1 unspecified atom stereocenters. The Balaban J connectivity index is 1.58. The molecule has 1 amide bonds. The van der Waals surface area contributed by atoms with Crippen LogP contribution >= 0.6 is 0 Å². The predicted octanol–water partition coefficient (Wildman–Crippen LogP) is 2.51. The normalized spacial score (nSPS) is 19.8. The summed E-state index contributed by atoms with van der Waals surface area (Å²) in [6.45, 7) is -0.629. The van der Waals surface area contributed by atoms with Gasteiger partial charge in [0.2, 0.25) is 0 Å². The average Bonchev–Trinajstić information content (AvgIpc) is 3.52. The molecular formula is C21H21F3N6O4. The van der Waals surface area contributed by atoms with Crippen molar-refractivity contribution in [2.75, 3.05) is 36.1 Å². The van der Waals surface area contributed by atoms with Gasteiger partial charge in [0.15, 0.2) is 11.5 Å². The van der Waals surface area contributed by atoms with Crippen LogP contribution in [0.15, 0.2) is 30.5 Å². The molecule has 0 aliphatic carbocycles. The maximum absolute atomic E-state index is 13.1. The fourth-order valence-electron chi connectivity index (χ4n) is 4.46. The maximum Gasteiger partial charge on any atom is 0.411 e. The molecule has 0 spiro atoms. The number of anilines is 2. The number of fused-ring (bicyclic) bond motifs is 3. The molecule has 2 aromatic heterocycles. The summed E-state index contributed by atoms with van der Waals surface area (Å²) in [6.07, 6.45) is -3.46. The summed E-state index contributed by atoms with van der Waals surface area (Å²) >= 11 is 0. The number of carboxylic acid groups (broad SMARTS) is 1. The number of morpholine rings is 1. The lowest BCUT2D eigenvalue weighted by Gasteiger charge is -2.28. The number of aliphatic hydroxyl groups is 1. The first-order valence-electron chi connectivity index (χ1n) is 10.6. The van der Waals surface area contributed by atoms with Gasteiger partial charge in [0.1, 0.15) is 12.4 Å². The second kappa shape index (κ2) is 8.40. The Morgan fingerprint density at radius 1 is 1.24 bits per heavy atom. The molecule has 2 aliphatic heterocycles. The molecule has 0 saturated carbocycles. The number of alkyl halides is 3. The zero-order valence-electron chi connectivity index (χ0n) is 17.8. The fraction of sp³-hybridized carbons (Fsp3) is 0.429. The number of amides is 1. The van der Waals surface area contributed by atoms with E-state index < -0.39 is 18.8 Å². The quantitative estimate of drug-likeness (QED) is 0.555. The molecule has 2 fully saturated rings. The summed E-state index contributed by atoms with van der Waals surface area (Å²) in [6, 6.07) is 6.33. The summed E-state index contributed by atoms with van der Waals surface area (Å²) in [5.41, 5.74) is 0.904. The zero-order valence-corrected chi connectivity index (χ0v) is 17.8. The Morgan fingerprint density at radius 2 is 2.00 bits per heavy atom. The van der Waals surface area contributed by atoms with Crippen LogP contribution in [0.2, 0.25) is 0 Å². The number of carbonyl (C=O) groups is 1. The molecule has 2 atom stereocenters. The van der Waals surface area contributed by atoms with Gasteiger partial charge in [0.05, 0.1) is 43.5 Å². The van der Waals surface area contributed by atoms with Crippen LogP contribution in [0, 0.1) is 0 Å². The molecule has 5 rings (SSSR count). The van der Waals surface area contributed by atoms with E-state index in [4.69, 9.17) is 9.84 Å². The highest BCUT2D eigenvalue weighted by Crippen LogP contribution is 2.36. The lowest BCUT2D eigenvalue weighted by molar-refractivity contribution is -0.141. The van der Waals surface area contributed by atoms with Gasteiger partial charge < -0.3 is 19.8 Å². The third-order valence-electron chi connectivity index (χ3n) is 5.97. The Morgan fingerprint density at radius 3 is 2.59 bits per heavy atom. The van der Waals surface area contributed by atoms with Gasteiger partial charge in [-0.1, -0.05) is 0 Å². The van der Waals surface area contributed by atoms with E-state index in [1.807, 2.05) is 4.90 Å². The lowest BCUT2D eigenvalue weighted by atomic mass is 10.1. The summed E-state index contributed by atoms with van der Waals surface area (Å²) in [5, 5.41) is 22.8. The van der Waals surface area contributed by atoms with E-state index in [1.54, 1.807) is 12.1 Å². The molecular weight excluding hydrogens is 457 g/mol. The number of aliphatic hydroxyl groups excluding tert-OH is 1. The van der Waals surface area contributed by atoms with E-state index in [0.717, 1.165) is 16.0 Å². The first-order valence-corrected chi connectivity index (χ1v) is 10.6. The highest BCUT2D eigenvalue weighted by molar-refractivity contribution is 5.90. The second-order valence-electron chi connectivity index (χ2n) is 8.23. The van der Waals surface area contributed by atoms with Crippen molar-refractivity contribution in [1.82, 2.24) is 19.7 Å². The standard InChI is InChI=1S/C21H21F3N6O4/c22-21(23,24)11-30-19-16(8-25-30)18(29-9-15-7-14(29)10-34-15)26-17(27-19)12-1-3-13(4-2-12)28(5-6-31)20(32)33/h1-4,8,14-15,31H,5-7,9-11H2,(H,32,33)/t14-,15?/m0/s1. The molecule has 4 heterocycles. The van der Waals surface area contributed by atoms with Crippen molar-refractivity contribution in [3.63, 3.8) is 0 Å². The minimum atomic E-state index is -4.47. The fourth-order valence-corrected chi connectivity index (χ4v) is 4.46. The van der Waals surface area contributed by atoms with E-state index in [1.165, 1.54) is 18.3 Å². The first-order chi connectivity index (χ1) is 16.2. The van der Waals surface area contributed by atoms with E-state index in [-0.39, 0.29) is 36.8 Å². The first kappa shape index (κ1) is 22.3. The van der Waals surface area contributed by atoms with Crippen molar-refractivity contribution in [1.29, 1.82) is 0 Å². The van der Waals surface area contributed by atoms with Crippen LogP contribution in [-0.4, -0.2) is 80.7 Å². The van der Waals surface area contributed by atoms with Gasteiger partial charge in [-0.2, -0.15) is 18.3 Å². The molecule has 2 bridgehead atoms. The van der Waals surface area contributed by atoms with Gasteiger partial charge in [0, 0.05) is 17.8 Å². The Bertz CT molecular complexity index is 1220. The van der Waals surface area contributed by atoms with Crippen molar-refractivity contribution in [3.8, 4) is 11.4 Å². The molecule has 2 N–H and O–H groups in total. The highest BCUT2D eigenvalue weighted by Gasteiger charge is 2.41. The number of aromatic nitrogens is 4. The Kier molecular flexibility index (Phi) is 5.52. The van der Waals surface area contributed by atoms with Crippen LogP contribution in [0.3, 0.4) is 0 Å². The predicted molar refractivity (Wildman–Crippen MR) is 115 cm³/mol. The summed E-state index contributed by atoms with van der Waals surface area (Å²) in [7, 11) is 0. The van der Waals surface area contributed by atoms with Crippen molar-refractivity contribution in [3.05, 3.63) is 30.5 Å². The van der Waals surface area contributed by atoms with Crippen molar-refractivity contribution in [2.24, 2.45) is 0 Å². The number of nitrogens with zero attached hydrogens (tertiary/aromatic N) is 6. The monoisotopic (exact) mass is 478 g/mol. The van der Waals surface area contributed by atoms with Gasteiger partial charge >= 0.3 is 12.3 Å². The maximum atomic E-state index is 13.1. The van der Waals surface area contributed by atoms with E-state index >= 15 is 0 Å². The third-order valence-corrected chi connectivity index (χ3v) is 5.97. The Labute approximate surface area is 191 Å². The highest BCUT2D eigenvalue weighted by atomic mass is 19.4. The van der Waals surface area contributed by atoms with E-state index in [0.29, 0.717) is 35.6 Å². The number of benzene rings is 1. The summed E-state index contributed by atoms with van der Waals surface area (Å²) in [5.74, 6) is 0.700. The largest absolute Gasteiger partial charge is 0.465 e. The molecule has 180 valence electrons. The van der Waals surface area contributed by atoms with Gasteiger partial charge in [-0.15, -0.1) is 0 Å². The van der Waals surface area contributed by atoms with Gasteiger partial charge in [-0.3, -0.25) is 4.90 Å². The Hall–Kier alpha value is -3.45. The molecule has 34 heavy (non-hydrogen) atoms. The second-order valence-corrected chi connectivity index (χ2v) is 8.23. The third kappa shape index (κ3) is 4.12. The van der Waals surface area contributed by atoms with Crippen LogP contribution < -0.4 is 9.80 Å². The van der Waals surface area contributed by atoms with Crippen LogP contribution in [0.25, 0.3) is 22.4 Å². The molecule has 3 aromatic rings. The van der Waals surface area contributed by atoms with Crippen LogP contribution in [0.5, 0.6) is 0 Å². The average molecular weight is 478 g/mol. The minimum absolute atomic E-state index is 0.0523. The molecule has 2 aliphatic rings. The van der Waals surface area contributed by atoms with Crippen LogP contribution in [0.4, 0.5) is 29.5 Å². The molecule has 2 saturated heterocycles. The van der Waals surface area contributed by atoms with Gasteiger partial charge in [-0.25, -0.2) is 19.4 Å². The summed E-state index contributed by atoms with van der Waals surface area (Å²) < 4.78 is 45.9. The number of rotatable bonds is 6. The van der Waals surface area contributed by atoms with Crippen molar-refractivity contribution in [2.45, 2.75) is 31.3 Å². The number of ether oxygens (including phenoxy) is 1. The van der Waals surface area contributed by atoms with Crippen LogP contribution in [-0.2, 0) is 11.3 Å². The van der Waals surface area contributed by atoms with E-state index in [9.17, 15) is 23.1 Å². The number of hydrogen-bond donors (Lipinski definition) is 2. The molecule has 1 aromatic carbocycles. The topological polar surface area (TPSA) is 117 Å². The molecule has 10 nitrogen and oxygen atoms in total. The summed E-state index contributed by atoms with van der Waals surface area (Å²) in [4.78, 5) is 23.5. The SMILES string of the molecule is O=C(O)N(CCO)c1ccc(-c2nc(N3CC4C[C@H]3CO4)c3cnn(CC(F)(F)F)c3n2)cc1. The number of hydrogen-bond acceptors (Lipinski definition) is 7. The zero-order chi connectivity index (χ0) is 24.0. The lowest BCUT2D eigenvalue weighted by Crippen LogP contribution is -2.37. The van der Waals surface area contributed by atoms with Crippen molar-refractivity contribution < 1.29 is 32.9 Å². The number of halogens is 3. The molecule has 13 heteroatoms. The van der Waals surface area contributed by atoms with Crippen LogP contribution in [0.1, 0.15) is 6.42 Å². The minimum Gasteiger partial charge on any atom is -0.465 e.